The summed E-state index contributed by atoms with van der Waals surface area (Å²) in [6, 6.07) is 9.86. The molecule has 178 valence electrons. The molecule has 2 aromatic carbocycles. The monoisotopic (exact) mass is 485 g/mol. The van der Waals surface area contributed by atoms with Crippen molar-refractivity contribution in [1.82, 2.24) is 9.55 Å². The number of hydrogen-bond donors (Lipinski definition) is 2. The Hall–Kier alpha value is -3.46. The first-order valence-corrected chi connectivity index (χ1v) is 12.4. The van der Waals surface area contributed by atoms with Crippen LogP contribution in [0, 0.1) is 16.4 Å². The summed E-state index contributed by atoms with van der Waals surface area (Å²) in [4.78, 5) is 15.5. The summed E-state index contributed by atoms with van der Waals surface area (Å²) in [7, 11) is -1.36. The van der Waals surface area contributed by atoms with E-state index in [2.05, 4.69) is 4.98 Å². The van der Waals surface area contributed by atoms with Crippen molar-refractivity contribution in [2.45, 2.75) is 25.5 Å². The highest BCUT2D eigenvalue weighted by atomic mass is 32.2. The fourth-order valence-electron chi connectivity index (χ4n) is 3.92. The smallest absolute Gasteiger partial charge is 0.274 e. The molecule has 0 saturated heterocycles. The SMILES string of the molecule is CCS(=N)(=O)C(C)(C)c1ccc(Oc2ccc(F)cc2F)c(-c2cn(C)c(=O)c3[nH]ccc23)c1. The van der Waals surface area contributed by atoms with Crippen molar-refractivity contribution in [3.8, 4) is 22.6 Å². The molecule has 0 aliphatic rings. The van der Waals surface area contributed by atoms with E-state index < -0.39 is 26.1 Å². The largest absolute Gasteiger partial charge is 0.454 e. The van der Waals surface area contributed by atoms with Gasteiger partial charge in [0.2, 0.25) is 0 Å². The Morgan fingerprint density at radius 2 is 1.79 bits per heavy atom. The van der Waals surface area contributed by atoms with E-state index in [0.29, 0.717) is 27.6 Å². The standard InChI is InChI=1S/C25H25F2N3O3S/c1-5-34(28,32)25(2,3)15-6-8-21(33-22-9-7-16(26)13-20(22)27)18(12-15)19-14-30(4)24(31)23-17(19)10-11-29-23/h6-14,28-29H,5H2,1-4H3. The van der Waals surface area contributed by atoms with Crippen LogP contribution in [0.3, 0.4) is 0 Å². The van der Waals surface area contributed by atoms with Crippen LogP contribution in [0.1, 0.15) is 26.3 Å². The summed E-state index contributed by atoms with van der Waals surface area (Å²) in [5.41, 5.74) is 1.95. The van der Waals surface area contributed by atoms with Gasteiger partial charge >= 0.3 is 0 Å². The van der Waals surface area contributed by atoms with E-state index in [1.54, 1.807) is 64.5 Å². The summed E-state index contributed by atoms with van der Waals surface area (Å²) in [6.07, 6.45) is 3.30. The molecule has 0 amide bonds. The molecule has 1 atom stereocenters. The lowest BCUT2D eigenvalue weighted by Crippen LogP contribution is -2.29. The minimum absolute atomic E-state index is 0.164. The molecular weight excluding hydrogens is 460 g/mol. The zero-order chi connectivity index (χ0) is 24.8. The molecule has 0 spiro atoms. The van der Waals surface area contributed by atoms with Crippen LogP contribution in [-0.2, 0) is 21.5 Å². The third-order valence-corrected chi connectivity index (χ3v) is 8.90. The van der Waals surface area contributed by atoms with Gasteiger partial charge in [-0.05, 0) is 49.7 Å². The van der Waals surface area contributed by atoms with Crippen molar-refractivity contribution in [3.05, 3.63) is 82.4 Å². The van der Waals surface area contributed by atoms with Gasteiger partial charge in [0, 0.05) is 47.8 Å². The van der Waals surface area contributed by atoms with Crippen LogP contribution in [-0.4, -0.2) is 19.5 Å². The van der Waals surface area contributed by atoms with Crippen LogP contribution in [0.4, 0.5) is 8.78 Å². The number of nitrogens with one attached hydrogen (secondary N) is 2. The molecule has 0 saturated carbocycles. The van der Waals surface area contributed by atoms with E-state index in [1.807, 2.05) is 0 Å². The first-order chi connectivity index (χ1) is 16.0. The molecule has 1 unspecified atom stereocenters. The normalized spacial score (nSPS) is 13.7. The van der Waals surface area contributed by atoms with Crippen LogP contribution in [0.5, 0.6) is 11.5 Å². The molecule has 0 aliphatic heterocycles. The molecule has 2 N–H and O–H groups in total. The lowest BCUT2D eigenvalue weighted by molar-refractivity contribution is 0.438. The molecule has 2 heterocycles. The first kappa shape index (κ1) is 23.7. The van der Waals surface area contributed by atoms with Crippen LogP contribution in [0.25, 0.3) is 22.0 Å². The number of nitrogens with zero attached hydrogens (tertiary/aromatic N) is 1. The van der Waals surface area contributed by atoms with Crippen molar-refractivity contribution < 1.29 is 17.7 Å². The summed E-state index contributed by atoms with van der Waals surface area (Å²) in [5.74, 6) is -1.31. The van der Waals surface area contributed by atoms with E-state index >= 15 is 0 Å². The number of ether oxygens (including phenoxy) is 1. The van der Waals surface area contributed by atoms with Crippen LogP contribution in [0.2, 0.25) is 0 Å². The van der Waals surface area contributed by atoms with Gasteiger partial charge in [0.25, 0.3) is 5.56 Å². The highest BCUT2D eigenvalue weighted by Gasteiger charge is 2.32. The van der Waals surface area contributed by atoms with Gasteiger partial charge in [-0.1, -0.05) is 13.0 Å². The lowest BCUT2D eigenvalue weighted by atomic mass is 9.95. The van der Waals surface area contributed by atoms with Gasteiger partial charge in [-0.2, -0.15) is 0 Å². The lowest BCUT2D eigenvalue weighted by Gasteiger charge is -2.28. The fraction of sp³-hybridized carbons (Fsp3) is 0.240. The highest BCUT2D eigenvalue weighted by molar-refractivity contribution is 7.93. The number of pyridine rings is 1. The Kier molecular flexibility index (Phi) is 5.85. The number of benzene rings is 2. The number of aryl methyl sites for hydroxylation is 1. The fourth-order valence-corrected chi connectivity index (χ4v) is 5.14. The number of aromatic nitrogens is 2. The van der Waals surface area contributed by atoms with Gasteiger partial charge in [-0.15, -0.1) is 0 Å². The molecule has 2 aromatic heterocycles. The molecule has 34 heavy (non-hydrogen) atoms. The van der Waals surface area contributed by atoms with Crippen molar-refractivity contribution in [2.24, 2.45) is 7.05 Å². The van der Waals surface area contributed by atoms with Gasteiger partial charge in [0.05, 0.1) is 14.5 Å². The van der Waals surface area contributed by atoms with E-state index in [1.165, 1.54) is 10.6 Å². The third-order valence-electron chi connectivity index (χ3n) is 6.20. The third kappa shape index (κ3) is 3.90. The average molecular weight is 486 g/mol. The summed E-state index contributed by atoms with van der Waals surface area (Å²) in [6.45, 7) is 5.21. The molecular formula is C25H25F2N3O3S. The minimum atomic E-state index is -2.98. The second kappa shape index (κ2) is 8.39. The number of aromatic amines is 1. The molecule has 6 nitrogen and oxygen atoms in total. The number of H-pyrrole nitrogens is 1. The van der Waals surface area contributed by atoms with Gasteiger partial charge in [-0.3, -0.25) is 9.57 Å². The Bertz CT molecular complexity index is 1570. The Labute approximate surface area is 196 Å². The van der Waals surface area contributed by atoms with E-state index in [4.69, 9.17) is 9.52 Å². The van der Waals surface area contributed by atoms with Gasteiger partial charge in [0.15, 0.2) is 11.6 Å². The average Bonchev–Trinajstić information content (AvgIpc) is 3.28. The molecule has 4 rings (SSSR count). The maximum Gasteiger partial charge on any atom is 0.274 e. The Morgan fingerprint density at radius 3 is 2.47 bits per heavy atom. The Balaban J connectivity index is 2.00. The molecule has 4 aromatic rings. The summed E-state index contributed by atoms with van der Waals surface area (Å²) in [5, 5.41) is 0.629. The molecule has 0 fully saturated rings. The number of rotatable bonds is 6. The first-order valence-electron chi connectivity index (χ1n) is 10.7. The predicted octanol–water partition coefficient (Wildman–Crippen LogP) is 5.91. The van der Waals surface area contributed by atoms with Crippen LogP contribution >= 0.6 is 0 Å². The van der Waals surface area contributed by atoms with Gasteiger partial charge < -0.3 is 14.3 Å². The molecule has 0 bridgehead atoms. The van der Waals surface area contributed by atoms with Crippen LogP contribution < -0.4 is 10.3 Å². The van der Waals surface area contributed by atoms with Crippen molar-refractivity contribution in [2.75, 3.05) is 5.75 Å². The van der Waals surface area contributed by atoms with Gasteiger partial charge in [-0.25, -0.2) is 13.0 Å². The molecule has 9 heteroatoms. The predicted molar refractivity (Wildman–Crippen MR) is 130 cm³/mol. The molecule has 0 aliphatic carbocycles. The second-order valence-corrected chi connectivity index (χ2v) is 11.5. The molecule has 0 radical (unpaired) electrons. The van der Waals surface area contributed by atoms with E-state index in [9.17, 15) is 17.8 Å². The van der Waals surface area contributed by atoms with Crippen molar-refractivity contribution in [3.63, 3.8) is 0 Å². The minimum Gasteiger partial charge on any atom is -0.454 e. The zero-order valence-electron chi connectivity index (χ0n) is 19.2. The van der Waals surface area contributed by atoms with E-state index in [0.717, 1.165) is 12.1 Å². The summed E-state index contributed by atoms with van der Waals surface area (Å²) >= 11 is 0. The van der Waals surface area contributed by atoms with E-state index in [-0.39, 0.29) is 22.8 Å². The Morgan fingerprint density at radius 1 is 1.09 bits per heavy atom. The topological polar surface area (TPSA) is 87.9 Å². The summed E-state index contributed by atoms with van der Waals surface area (Å²) < 4.78 is 55.5. The van der Waals surface area contributed by atoms with Crippen LogP contribution in [0.15, 0.2) is 59.7 Å². The number of halogens is 2. The number of fused-ring (bicyclic) bond motifs is 1. The highest BCUT2D eigenvalue weighted by Crippen LogP contribution is 2.41. The maximum atomic E-state index is 14.4. The zero-order valence-corrected chi connectivity index (χ0v) is 20.1. The van der Waals surface area contributed by atoms with Gasteiger partial charge in [0.1, 0.15) is 17.1 Å². The second-order valence-electron chi connectivity index (χ2n) is 8.59. The van der Waals surface area contributed by atoms with Crippen molar-refractivity contribution >= 4 is 20.6 Å². The maximum absolute atomic E-state index is 14.4. The van der Waals surface area contributed by atoms with Crippen molar-refractivity contribution in [1.29, 1.82) is 4.78 Å². The quantitative estimate of drug-likeness (QED) is 0.356. The number of hydrogen-bond acceptors (Lipinski definition) is 4.